The van der Waals surface area contributed by atoms with Gasteiger partial charge in [0.25, 0.3) is 0 Å². The Hall–Kier alpha value is -9.97. The summed E-state index contributed by atoms with van der Waals surface area (Å²) < 4.78 is 4.69. The molecule has 14 aromatic rings. The molecule has 76 heavy (non-hydrogen) atoms. The second-order valence-electron chi connectivity index (χ2n) is 20.2. The van der Waals surface area contributed by atoms with Crippen molar-refractivity contribution in [2.45, 2.75) is 10.8 Å². The Morgan fingerprint density at radius 1 is 0.263 bits per heavy atom. The molecule has 0 saturated carbocycles. The summed E-state index contributed by atoms with van der Waals surface area (Å²) in [6, 6.07) is 99.4. The average Bonchev–Trinajstić information content (AvgIpc) is 4.31. The maximum absolute atomic E-state index is 5.88. The van der Waals surface area contributed by atoms with E-state index in [1.807, 2.05) is 6.07 Å². The van der Waals surface area contributed by atoms with Crippen molar-refractivity contribution in [1.82, 2.24) is 24.1 Å². The van der Waals surface area contributed by atoms with E-state index in [2.05, 4.69) is 276 Å². The van der Waals surface area contributed by atoms with Crippen LogP contribution in [0, 0.1) is 0 Å². The molecule has 3 aromatic heterocycles. The molecule has 0 aliphatic heterocycles. The Labute approximate surface area is 439 Å². The van der Waals surface area contributed by atoms with E-state index in [-0.39, 0.29) is 0 Å². The van der Waals surface area contributed by atoms with Gasteiger partial charge in [0, 0.05) is 38.2 Å². The fourth-order valence-electron chi connectivity index (χ4n) is 13.7. The minimum atomic E-state index is -0.696. The fourth-order valence-corrected chi connectivity index (χ4v) is 13.7. The molecule has 5 nitrogen and oxygen atoms in total. The number of benzene rings is 11. The predicted octanol–water partition coefficient (Wildman–Crippen LogP) is 16.5. The largest absolute Gasteiger partial charge is 0.277 e. The van der Waals surface area contributed by atoms with Crippen molar-refractivity contribution in [3.05, 3.63) is 317 Å². The SMILES string of the molecule is c1ccc(-c2nc(-n3c4ccccc4c4ccc5c(c43)C(c3ccccc3)(c3ccccc3)c3ccccc3-5)nc(-n3c4ccccc4c4ccc5c(c43)C(c3ccccc3)(c3ccccc3)c3ccccc3-5)n2)cc1. The molecular weight excluding hydrogens is 923 g/mol. The minimum absolute atomic E-state index is 0.536. The molecule has 0 spiro atoms. The molecule has 11 aromatic carbocycles. The van der Waals surface area contributed by atoms with Crippen LogP contribution < -0.4 is 0 Å². The zero-order valence-corrected chi connectivity index (χ0v) is 41.2. The molecule has 0 atom stereocenters. The second-order valence-corrected chi connectivity index (χ2v) is 20.2. The highest BCUT2D eigenvalue weighted by molar-refractivity contribution is 6.15. The van der Waals surface area contributed by atoms with Crippen LogP contribution in [-0.2, 0) is 10.8 Å². The number of fused-ring (bicyclic) bond motifs is 14. The van der Waals surface area contributed by atoms with E-state index >= 15 is 0 Å². The summed E-state index contributed by atoms with van der Waals surface area (Å²) in [6.45, 7) is 0. The van der Waals surface area contributed by atoms with Crippen molar-refractivity contribution >= 4 is 43.6 Å². The van der Waals surface area contributed by atoms with Gasteiger partial charge in [0.2, 0.25) is 11.9 Å². The van der Waals surface area contributed by atoms with Crippen LogP contribution in [0.15, 0.2) is 273 Å². The highest BCUT2D eigenvalue weighted by Crippen LogP contribution is 2.61. The summed E-state index contributed by atoms with van der Waals surface area (Å²) in [4.78, 5) is 17.2. The van der Waals surface area contributed by atoms with E-state index in [4.69, 9.17) is 15.0 Å². The lowest BCUT2D eigenvalue weighted by Gasteiger charge is -2.34. The average molecular weight is 968 g/mol. The summed E-state index contributed by atoms with van der Waals surface area (Å²) in [6.07, 6.45) is 0. The number of nitrogens with zero attached hydrogens (tertiary/aromatic N) is 5. The van der Waals surface area contributed by atoms with Crippen molar-refractivity contribution < 1.29 is 0 Å². The zero-order valence-electron chi connectivity index (χ0n) is 41.2. The van der Waals surface area contributed by atoms with Gasteiger partial charge in [-0.1, -0.05) is 261 Å². The van der Waals surface area contributed by atoms with Gasteiger partial charge in [0.15, 0.2) is 5.82 Å². The van der Waals surface area contributed by atoms with Crippen LogP contribution in [0.3, 0.4) is 0 Å². The van der Waals surface area contributed by atoms with E-state index in [0.29, 0.717) is 17.7 Å². The third kappa shape index (κ3) is 5.66. The first-order valence-corrected chi connectivity index (χ1v) is 26.1. The molecule has 3 heterocycles. The monoisotopic (exact) mass is 967 g/mol. The van der Waals surface area contributed by atoms with Gasteiger partial charge in [-0.3, -0.25) is 9.13 Å². The Morgan fingerprint density at radius 2 is 0.605 bits per heavy atom. The summed E-state index contributed by atoms with van der Waals surface area (Å²) >= 11 is 0. The van der Waals surface area contributed by atoms with E-state index in [1.165, 1.54) is 66.8 Å². The van der Waals surface area contributed by atoms with Crippen molar-refractivity contribution in [2.24, 2.45) is 0 Å². The van der Waals surface area contributed by atoms with Crippen LogP contribution in [0.4, 0.5) is 0 Å². The van der Waals surface area contributed by atoms with Gasteiger partial charge in [-0.05, 0) is 67.8 Å². The third-order valence-electron chi connectivity index (χ3n) is 16.5. The molecule has 0 N–H and O–H groups in total. The molecular formula is C71H45N5. The molecule has 16 rings (SSSR count). The molecule has 0 saturated heterocycles. The lowest BCUT2D eigenvalue weighted by molar-refractivity contribution is 0.767. The van der Waals surface area contributed by atoms with Crippen LogP contribution in [0.1, 0.15) is 44.5 Å². The fraction of sp³-hybridized carbons (Fsp3) is 0.0282. The van der Waals surface area contributed by atoms with Gasteiger partial charge in [-0.2, -0.15) is 15.0 Å². The first kappa shape index (κ1) is 42.5. The first-order valence-electron chi connectivity index (χ1n) is 26.1. The van der Waals surface area contributed by atoms with Crippen molar-refractivity contribution in [3.63, 3.8) is 0 Å². The summed E-state index contributed by atoms with van der Waals surface area (Å²) in [5.74, 6) is 1.65. The van der Waals surface area contributed by atoms with Crippen LogP contribution in [0.5, 0.6) is 0 Å². The van der Waals surface area contributed by atoms with Gasteiger partial charge in [-0.15, -0.1) is 0 Å². The normalized spacial score (nSPS) is 13.7. The number of para-hydroxylation sites is 2. The maximum Gasteiger partial charge on any atom is 0.240 e. The van der Waals surface area contributed by atoms with Crippen molar-refractivity contribution in [3.8, 4) is 45.5 Å². The van der Waals surface area contributed by atoms with Gasteiger partial charge in [0.05, 0.1) is 32.9 Å². The highest BCUT2D eigenvalue weighted by atomic mass is 15.3. The number of hydrogen-bond acceptors (Lipinski definition) is 3. The molecule has 0 amide bonds. The van der Waals surface area contributed by atoms with Crippen molar-refractivity contribution in [2.75, 3.05) is 0 Å². The number of hydrogen-bond donors (Lipinski definition) is 0. The minimum Gasteiger partial charge on any atom is -0.277 e. The topological polar surface area (TPSA) is 48.5 Å². The van der Waals surface area contributed by atoms with Crippen LogP contribution in [-0.4, -0.2) is 24.1 Å². The van der Waals surface area contributed by atoms with Gasteiger partial charge in [-0.25, -0.2) is 0 Å². The van der Waals surface area contributed by atoms with E-state index in [9.17, 15) is 0 Å². The van der Waals surface area contributed by atoms with Gasteiger partial charge in [0.1, 0.15) is 0 Å². The molecule has 5 heteroatoms. The smallest absolute Gasteiger partial charge is 0.240 e. The van der Waals surface area contributed by atoms with E-state index in [0.717, 1.165) is 49.2 Å². The van der Waals surface area contributed by atoms with E-state index < -0.39 is 10.8 Å². The summed E-state index contributed by atoms with van der Waals surface area (Å²) in [7, 11) is 0. The quantitative estimate of drug-likeness (QED) is 0.160. The molecule has 2 aliphatic rings. The number of aromatic nitrogens is 5. The lowest BCUT2D eigenvalue weighted by Crippen LogP contribution is -2.29. The summed E-state index contributed by atoms with van der Waals surface area (Å²) in [5, 5.41) is 4.50. The van der Waals surface area contributed by atoms with Gasteiger partial charge < -0.3 is 0 Å². The Balaban J connectivity index is 1.08. The number of rotatable bonds is 7. The molecule has 0 bridgehead atoms. The molecule has 354 valence electrons. The Bertz CT molecular complexity index is 4260. The molecule has 0 radical (unpaired) electrons. The van der Waals surface area contributed by atoms with Crippen molar-refractivity contribution in [1.29, 1.82) is 0 Å². The third-order valence-corrected chi connectivity index (χ3v) is 16.5. The van der Waals surface area contributed by atoms with E-state index in [1.54, 1.807) is 0 Å². The lowest BCUT2D eigenvalue weighted by atomic mass is 9.67. The molecule has 0 unspecified atom stereocenters. The summed E-state index contributed by atoms with van der Waals surface area (Å²) in [5.41, 5.74) is 18.1. The van der Waals surface area contributed by atoms with Crippen LogP contribution >= 0.6 is 0 Å². The predicted molar refractivity (Wildman–Crippen MR) is 309 cm³/mol. The molecule has 2 aliphatic carbocycles. The second kappa shape index (κ2) is 16.3. The Morgan fingerprint density at radius 3 is 1.01 bits per heavy atom. The first-order chi connectivity index (χ1) is 37.7. The Kier molecular flexibility index (Phi) is 9.10. The van der Waals surface area contributed by atoms with Gasteiger partial charge >= 0.3 is 0 Å². The van der Waals surface area contributed by atoms with Crippen LogP contribution in [0.2, 0.25) is 0 Å². The molecule has 0 fully saturated rings. The zero-order chi connectivity index (χ0) is 50.0. The standard InChI is InChI=1S/C71H45N5/c1-6-24-46(25-7-1)67-72-68(75-61-40-22-18-36-53(61)57-44-42-55-51-34-16-20-38-59(51)70(63(55)65(57)75,47-26-8-2-9-27-47)48-28-10-3-11-29-48)74-69(73-67)76-62-41-23-19-37-54(62)58-45-43-56-52-35-17-21-39-60(52)71(64(56)66(58)76,49-30-12-4-13-31-49)50-32-14-5-15-33-50/h1-45H. The van der Waals surface area contributed by atoms with Crippen LogP contribution in [0.25, 0.3) is 89.2 Å². The highest BCUT2D eigenvalue weighted by Gasteiger charge is 2.50. The maximum atomic E-state index is 5.88.